The van der Waals surface area contributed by atoms with Crippen LogP contribution in [0.1, 0.15) is 83.5 Å². The number of hydrogen-bond acceptors (Lipinski definition) is 16. The van der Waals surface area contributed by atoms with E-state index in [0.29, 0.717) is 91.3 Å². The molecule has 16 nitrogen and oxygen atoms in total. The van der Waals surface area contributed by atoms with Crippen LogP contribution in [0.2, 0.25) is 0 Å². The molecule has 0 amide bonds. The van der Waals surface area contributed by atoms with Crippen molar-refractivity contribution in [2.24, 2.45) is 0 Å². The first-order valence-corrected chi connectivity index (χ1v) is 21.9. The van der Waals surface area contributed by atoms with E-state index in [1.807, 2.05) is 4.90 Å². The van der Waals surface area contributed by atoms with Crippen molar-refractivity contribution >= 4 is 23.9 Å². The second-order valence-electron chi connectivity index (χ2n) is 15.4. The molecule has 0 atom stereocenters. The molecule has 0 aromatic heterocycles. The lowest BCUT2D eigenvalue weighted by molar-refractivity contribution is -0.145. The number of unbranched alkanes of at least 4 members (excludes halogenated alkanes) is 4. The zero-order chi connectivity index (χ0) is 41.2. The number of carbonyl (C=O) groups excluding carboxylic acids is 4. The molecule has 2 rings (SSSR count). The number of carbonyl (C=O) groups is 4. The van der Waals surface area contributed by atoms with E-state index in [2.05, 4.69) is 44.3 Å². The zero-order valence-electron chi connectivity index (χ0n) is 35.7. The molecular formula is C41H79N7O9. The molecule has 0 spiro atoms. The molecule has 0 aromatic rings. The van der Waals surface area contributed by atoms with Crippen LogP contribution >= 0.6 is 0 Å². The molecule has 16 heteroatoms. The summed E-state index contributed by atoms with van der Waals surface area (Å²) in [7, 11) is 4.32. The Morgan fingerprint density at radius 3 is 1.21 bits per heavy atom. The number of aliphatic hydroxyl groups is 1. The molecule has 2 aliphatic heterocycles. The largest absolute Gasteiger partial charge is 0.466 e. The second kappa shape index (κ2) is 34.4. The number of esters is 4. The van der Waals surface area contributed by atoms with Crippen LogP contribution in [0.5, 0.6) is 0 Å². The number of aliphatic hydroxyl groups excluding tert-OH is 1. The van der Waals surface area contributed by atoms with Crippen LogP contribution in [0.15, 0.2) is 0 Å². The summed E-state index contributed by atoms with van der Waals surface area (Å²) in [5.41, 5.74) is 0. The number of rotatable bonds is 35. The predicted molar refractivity (Wildman–Crippen MR) is 221 cm³/mol. The van der Waals surface area contributed by atoms with Gasteiger partial charge in [0, 0.05) is 91.7 Å². The summed E-state index contributed by atoms with van der Waals surface area (Å²) in [6, 6.07) is 0. The van der Waals surface area contributed by atoms with Crippen LogP contribution in [0.3, 0.4) is 0 Å². The molecule has 2 aliphatic rings. The third-order valence-corrected chi connectivity index (χ3v) is 10.4. The lowest BCUT2D eigenvalue weighted by Gasteiger charge is -2.32. The minimum Gasteiger partial charge on any atom is -0.466 e. The van der Waals surface area contributed by atoms with E-state index >= 15 is 0 Å². The first-order chi connectivity index (χ1) is 27.7. The number of ether oxygens (including phenoxy) is 4. The van der Waals surface area contributed by atoms with Crippen molar-refractivity contribution in [2.75, 3.05) is 158 Å². The highest BCUT2D eigenvalue weighted by Crippen LogP contribution is 2.05. The van der Waals surface area contributed by atoms with Gasteiger partial charge in [-0.1, -0.05) is 0 Å². The van der Waals surface area contributed by atoms with Gasteiger partial charge in [0.2, 0.25) is 0 Å². The molecule has 0 radical (unpaired) electrons. The Morgan fingerprint density at radius 2 is 0.842 bits per heavy atom. The Kier molecular flexibility index (Phi) is 30.6. The van der Waals surface area contributed by atoms with Crippen LogP contribution in [-0.2, 0) is 38.1 Å². The van der Waals surface area contributed by atoms with Crippen LogP contribution in [-0.4, -0.2) is 212 Å². The maximum absolute atomic E-state index is 12.3. The first kappa shape index (κ1) is 50.7. The highest BCUT2D eigenvalue weighted by atomic mass is 16.5. The average Bonchev–Trinajstić information content (AvgIpc) is 3.20. The van der Waals surface area contributed by atoms with Gasteiger partial charge < -0.3 is 59.2 Å². The van der Waals surface area contributed by atoms with E-state index in [9.17, 15) is 24.3 Å². The normalized spacial score (nSPS) is 15.9. The summed E-state index contributed by atoms with van der Waals surface area (Å²) < 4.78 is 21.4. The van der Waals surface area contributed by atoms with Gasteiger partial charge in [0.05, 0.1) is 52.1 Å². The van der Waals surface area contributed by atoms with Gasteiger partial charge in [0.15, 0.2) is 0 Å². The van der Waals surface area contributed by atoms with Gasteiger partial charge in [0.25, 0.3) is 0 Å². The molecular weight excluding hydrogens is 734 g/mol. The van der Waals surface area contributed by atoms with Crippen molar-refractivity contribution < 1.29 is 43.2 Å². The van der Waals surface area contributed by atoms with Crippen molar-refractivity contribution in [3.63, 3.8) is 0 Å². The molecule has 2 fully saturated rings. The fourth-order valence-electron chi connectivity index (χ4n) is 6.55. The second-order valence-corrected chi connectivity index (χ2v) is 15.4. The molecule has 57 heavy (non-hydrogen) atoms. The number of nitrogens with one attached hydrogen (secondary N) is 2. The van der Waals surface area contributed by atoms with E-state index < -0.39 is 0 Å². The van der Waals surface area contributed by atoms with Crippen LogP contribution in [0.25, 0.3) is 0 Å². The molecule has 0 unspecified atom stereocenters. The lowest BCUT2D eigenvalue weighted by Crippen LogP contribution is -2.45. The van der Waals surface area contributed by atoms with Gasteiger partial charge in [-0.05, 0) is 98.1 Å². The minimum absolute atomic E-state index is 0.0264. The van der Waals surface area contributed by atoms with Gasteiger partial charge >= 0.3 is 23.9 Å². The van der Waals surface area contributed by atoms with Crippen molar-refractivity contribution in [3.8, 4) is 0 Å². The molecule has 2 heterocycles. The van der Waals surface area contributed by atoms with E-state index in [-0.39, 0.29) is 43.3 Å². The van der Waals surface area contributed by atoms with E-state index in [0.717, 1.165) is 117 Å². The Morgan fingerprint density at radius 1 is 0.474 bits per heavy atom. The Hall–Kier alpha value is -2.44. The lowest BCUT2D eigenvalue weighted by atomic mass is 10.2. The summed E-state index contributed by atoms with van der Waals surface area (Å²) in [4.78, 5) is 60.3. The molecule has 0 bridgehead atoms. The standard InChI is InChI=1S/C41H79N7O9/c1-44-25-29-47(30-26-44)20-9-16-42-18-12-38(50)54-34-5-3-7-36-56-40(52)14-23-46(22-11-33-49)24-15-41(53)57-37-8-4-6-35-55-39(51)13-19-43-17-10-21-48-31-27-45(2)28-32-48/h42-43,49H,3-37H2,1-2H3. The summed E-state index contributed by atoms with van der Waals surface area (Å²) in [6.45, 7) is 17.0. The quantitative estimate of drug-likeness (QED) is 0.0475. The van der Waals surface area contributed by atoms with E-state index in [1.165, 1.54) is 0 Å². The van der Waals surface area contributed by atoms with Crippen LogP contribution < -0.4 is 10.6 Å². The summed E-state index contributed by atoms with van der Waals surface area (Å²) >= 11 is 0. The Bertz CT molecular complexity index is 968. The maximum atomic E-state index is 12.3. The maximum Gasteiger partial charge on any atom is 0.307 e. The zero-order valence-corrected chi connectivity index (χ0v) is 35.7. The fourth-order valence-corrected chi connectivity index (χ4v) is 6.55. The Labute approximate surface area is 343 Å². The molecule has 0 saturated carbocycles. The predicted octanol–water partition coefficient (Wildman–Crippen LogP) is 1.20. The molecule has 0 aliphatic carbocycles. The van der Waals surface area contributed by atoms with Crippen molar-refractivity contribution in [1.82, 2.24) is 35.1 Å². The molecule has 0 aromatic carbocycles. The van der Waals surface area contributed by atoms with E-state index in [1.54, 1.807) is 0 Å². The SMILES string of the molecule is CN1CCN(CCCNCCC(=O)OCCCCCOC(=O)CCN(CCCO)CCC(=O)OCCCCCOC(=O)CCNCCCN2CCN(C)CC2)CC1. The van der Waals surface area contributed by atoms with Gasteiger partial charge in [-0.2, -0.15) is 0 Å². The summed E-state index contributed by atoms with van der Waals surface area (Å²) in [5.74, 6) is -0.993. The van der Waals surface area contributed by atoms with E-state index in [4.69, 9.17) is 18.9 Å². The topological polar surface area (TPSA) is 166 Å². The third-order valence-electron chi connectivity index (χ3n) is 10.4. The highest BCUT2D eigenvalue weighted by Gasteiger charge is 2.15. The van der Waals surface area contributed by atoms with Gasteiger partial charge in [-0.3, -0.25) is 19.2 Å². The molecule has 2 saturated heterocycles. The van der Waals surface area contributed by atoms with Gasteiger partial charge in [0.1, 0.15) is 0 Å². The third kappa shape index (κ3) is 29.4. The summed E-state index contributed by atoms with van der Waals surface area (Å²) in [5, 5.41) is 15.9. The summed E-state index contributed by atoms with van der Waals surface area (Å²) in [6.07, 6.45) is 8.21. The molecule has 3 N–H and O–H groups in total. The van der Waals surface area contributed by atoms with Crippen molar-refractivity contribution in [3.05, 3.63) is 0 Å². The number of hydrogen-bond donors (Lipinski definition) is 3. The monoisotopic (exact) mass is 814 g/mol. The Balaban J connectivity index is 1.36. The smallest absolute Gasteiger partial charge is 0.307 e. The van der Waals surface area contributed by atoms with Crippen LogP contribution in [0.4, 0.5) is 0 Å². The number of likely N-dealkylation sites (N-methyl/N-ethyl adjacent to an activating group) is 2. The molecule has 332 valence electrons. The van der Waals surface area contributed by atoms with Crippen molar-refractivity contribution in [2.45, 2.75) is 83.5 Å². The first-order valence-electron chi connectivity index (χ1n) is 21.9. The number of nitrogens with zero attached hydrogens (tertiary/aromatic N) is 5. The highest BCUT2D eigenvalue weighted by molar-refractivity contribution is 5.70. The minimum atomic E-state index is -0.302. The van der Waals surface area contributed by atoms with Crippen molar-refractivity contribution in [1.29, 1.82) is 0 Å². The fraction of sp³-hybridized carbons (Fsp3) is 0.902. The van der Waals surface area contributed by atoms with Crippen LogP contribution in [0, 0.1) is 0 Å². The van der Waals surface area contributed by atoms with Gasteiger partial charge in [-0.25, -0.2) is 0 Å². The van der Waals surface area contributed by atoms with Gasteiger partial charge in [-0.15, -0.1) is 0 Å². The average molecular weight is 814 g/mol. The number of piperazine rings is 2.